The molecule has 0 fully saturated rings. The second kappa shape index (κ2) is 9.57. The van der Waals surface area contributed by atoms with Gasteiger partial charge in [-0.25, -0.2) is 13.8 Å². The van der Waals surface area contributed by atoms with Gasteiger partial charge in [0.2, 0.25) is 0 Å². The monoisotopic (exact) mass is 511 g/mol. The highest BCUT2D eigenvalue weighted by molar-refractivity contribution is 7.21. The Labute approximate surface area is 212 Å². The molecular formula is C26H30FN5O3S. The summed E-state index contributed by atoms with van der Waals surface area (Å²) in [5.74, 6) is -0.460. The zero-order valence-electron chi connectivity index (χ0n) is 21.3. The zero-order chi connectivity index (χ0) is 26.4. The first-order valence-corrected chi connectivity index (χ1v) is 12.7. The van der Waals surface area contributed by atoms with E-state index in [1.165, 1.54) is 45.2 Å². The van der Waals surface area contributed by atoms with Gasteiger partial charge in [-0.05, 0) is 63.3 Å². The number of rotatable bonds is 8. The van der Waals surface area contributed by atoms with E-state index < -0.39 is 16.8 Å². The van der Waals surface area contributed by atoms with Crippen LogP contribution in [0.5, 0.6) is 0 Å². The molecule has 0 radical (unpaired) electrons. The number of aryl methyl sites for hydroxylation is 4. The molecule has 0 aliphatic heterocycles. The summed E-state index contributed by atoms with van der Waals surface area (Å²) in [6, 6.07) is 4.56. The largest absolute Gasteiger partial charge is 0.332 e. The van der Waals surface area contributed by atoms with Crippen molar-refractivity contribution in [2.24, 2.45) is 5.92 Å². The minimum absolute atomic E-state index is 0.0785. The van der Waals surface area contributed by atoms with Crippen LogP contribution in [0.15, 0.2) is 40.2 Å². The van der Waals surface area contributed by atoms with E-state index in [2.05, 4.69) is 10.2 Å². The lowest BCUT2D eigenvalue weighted by molar-refractivity contribution is -0.127. The van der Waals surface area contributed by atoms with Crippen molar-refractivity contribution in [2.45, 2.75) is 66.5 Å². The van der Waals surface area contributed by atoms with Gasteiger partial charge in [-0.15, -0.1) is 4.80 Å². The number of ketones is 1. The van der Waals surface area contributed by atoms with Crippen LogP contribution >= 0.6 is 11.3 Å². The quantitative estimate of drug-likeness (QED) is 0.354. The highest BCUT2D eigenvalue weighted by Crippen LogP contribution is 2.31. The van der Waals surface area contributed by atoms with Gasteiger partial charge in [0.25, 0.3) is 5.56 Å². The molecule has 0 N–H and O–H groups in total. The predicted octanol–water partition coefficient (Wildman–Crippen LogP) is 4.15. The number of carbonyl (C=O) groups is 1. The van der Waals surface area contributed by atoms with Crippen LogP contribution < -0.4 is 11.2 Å². The topological polar surface area (TPSA) is 91.8 Å². The minimum Gasteiger partial charge on any atom is -0.297 e. The average Bonchev–Trinajstić information content (AvgIpc) is 3.43. The van der Waals surface area contributed by atoms with E-state index in [0.717, 1.165) is 15.7 Å². The van der Waals surface area contributed by atoms with Crippen LogP contribution in [0.25, 0.3) is 15.2 Å². The van der Waals surface area contributed by atoms with Crippen molar-refractivity contribution in [2.75, 3.05) is 0 Å². The maximum atomic E-state index is 13.9. The maximum Gasteiger partial charge on any atom is 0.332 e. The van der Waals surface area contributed by atoms with Crippen molar-refractivity contribution < 1.29 is 9.18 Å². The van der Waals surface area contributed by atoms with Gasteiger partial charge in [0, 0.05) is 18.5 Å². The van der Waals surface area contributed by atoms with Crippen molar-refractivity contribution in [3.8, 4) is 5.00 Å². The van der Waals surface area contributed by atoms with E-state index in [1.807, 2.05) is 20.8 Å². The molecule has 0 saturated carbocycles. The summed E-state index contributed by atoms with van der Waals surface area (Å²) in [5.41, 5.74) is -0.114. The standard InChI is InChI=1S/C26H30FN5O3S/c1-15(2)13-20(33)26(5,6)31-22(34)21-17(4)23(32-28-10-11-29-32)36-24(21)30(25(31)35)12-9-18-14-19(27)8-7-16(18)3/h7-8,10-11,14-15H,9,12-13H2,1-6H3. The third-order valence-electron chi connectivity index (χ3n) is 6.54. The molecule has 1 aromatic carbocycles. The molecule has 3 heterocycles. The Morgan fingerprint density at radius 2 is 1.81 bits per heavy atom. The number of carbonyl (C=O) groups excluding carboxylic acids is 1. The maximum absolute atomic E-state index is 13.9. The van der Waals surface area contributed by atoms with E-state index in [9.17, 15) is 18.8 Å². The molecule has 4 rings (SSSR count). The first kappa shape index (κ1) is 25.7. The van der Waals surface area contributed by atoms with Crippen LogP contribution in [-0.2, 0) is 23.3 Å². The normalized spacial score (nSPS) is 12.1. The summed E-state index contributed by atoms with van der Waals surface area (Å²) in [5, 5.41) is 9.36. The molecular weight excluding hydrogens is 481 g/mol. The Bertz CT molecular complexity index is 1560. The van der Waals surface area contributed by atoms with Gasteiger partial charge in [0.1, 0.15) is 21.2 Å². The van der Waals surface area contributed by atoms with Crippen molar-refractivity contribution in [3.63, 3.8) is 0 Å². The first-order chi connectivity index (χ1) is 16.9. The summed E-state index contributed by atoms with van der Waals surface area (Å²) in [6.45, 7) is 11.0. The number of fused-ring (bicyclic) bond motifs is 1. The molecule has 4 aromatic rings. The molecule has 3 aromatic heterocycles. The Morgan fingerprint density at radius 3 is 2.44 bits per heavy atom. The van der Waals surface area contributed by atoms with Crippen LogP contribution in [-0.4, -0.2) is 29.9 Å². The van der Waals surface area contributed by atoms with Crippen LogP contribution in [0.4, 0.5) is 4.39 Å². The number of aromatic nitrogens is 5. The predicted molar refractivity (Wildman–Crippen MR) is 139 cm³/mol. The van der Waals surface area contributed by atoms with Gasteiger partial charge in [-0.3, -0.25) is 14.2 Å². The minimum atomic E-state index is -1.35. The number of hydrogen-bond acceptors (Lipinski definition) is 6. The molecule has 0 amide bonds. The van der Waals surface area contributed by atoms with E-state index in [1.54, 1.807) is 26.8 Å². The summed E-state index contributed by atoms with van der Waals surface area (Å²) in [7, 11) is 0. The average molecular weight is 512 g/mol. The highest BCUT2D eigenvalue weighted by atomic mass is 32.1. The van der Waals surface area contributed by atoms with Gasteiger partial charge in [0.15, 0.2) is 5.78 Å². The smallest absolute Gasteiger partial charge is 0.297 e. The zero-order valence-corrected chi connectivity index (χ0v) is 22.1. The van der Waals surface area contributed by atoms with Gasteiger partial charge < -0.3 is 0 Å². The van der Waals surface area contributed by atoms with Crippen molar-refractivity contribution in [1.29, 1.82) is 0 Å². The molecule has 0 bridgehead atoms. The molecule has 0 atom stereocenters. The number of Topliss-reactive ketones (excluding diaryl/α,β-unsaturated/α-hetero) is 1. The fraction of sp³-hybridized carbons (Fsp3) is 0.423. The number of halogens is 1. The molecule has 0 spiro atoms. The van der Waals surface area contributed by atoms with Crippen LogP contribution in [0, 0.1) is 25.6 Å². The third-order valence-corrected chi connectivity index (χ3v) is 7.82. The van der Waals surface area contributed by atoms with Crippen molar-refractivity contribution in [1.82, 2.24) is 24.1 Å². The lowest BCUT2D eigenvalue weighted by atomic mass is 9.91. The summed E-state index contributed by atoms with van der Waals surface area (Å²) in [4.78, 5) is 42.8. The molecule has 0 aliphatic rings. The Kier molecular flexibility index (Phi) is 6.83. The van der Waals surface area contributed by atoms with Crippen LogP contribution in [0.3, 0.4) is 0 Å². The first-order valence-electron chi connectivity index (χ1n) is 11.9. The number of thiophene rings is 1. The molecule has 0 unspecified atom stereocenters. The van der Waals surface area contributed by atoms with Crippen LogP contribution in [0.1, 0.15) is 50.8 Å². The number of hydrogen-bond donors (Lipinski definition) is 0. The third kappa shape index (κ3) is 4.45. The van der Waals surface area contributed by atoms with E-state index >= 15 is 0 Å². The second-order valence-electron chi connectivity index (χ2n) is 10.0. The fourth-order valence-electron chi connectivity index (χ4n) is 4.42. The van der Waals surface area contributed by atoms with Gasteiger partial charge in [-0.2, -0.15) is 10.2 Å². The summed E-state index contributed by atoms with van der Waals surface area (Å²) in [6.07, 6.45) is 3.69. The van der Waals surface area contributed by atoms with Crippen molar-refractivity contribution in [3.05, 3.63) is 73.9 Å². The fourth-order valence-corrected chi connectivity index (χ4v) is 5.66. The van der Waals surface area contributed by atoms with Gasteiger partial charge in [-0.1, -0.05) is 31.3 Å². The molecule has 0 saturated heterocycles. The molecule has 36 heavy (non-hydrogen) atoms. The highest BCUT2D eigenvalue weighted by Gasteiger charge is 2.35. The van der Waals surface area contributed by atoms with Gasteiger partial charge in [0.05, 0.1) is 17.8 Å². The van der Waals surface area contributed by atoms with E-state index in [-0.39, 0.29) is 30.5 Å². The Hall–Kier alpha value is -3.40. The molecule has 10 heteroatoms. The Balaban J connectivity index is 1.97. The summed E-state index contributed by atoms with van der Waals surface area (Å²) >= 11 is 1.25. The summed E-state index contributed by atoms with van der Waals surface area (Å²) < 4.78 is 16.5. The SMILES string of the molecule is Cc1ccc(F)cc1CCn1c(=O)n(C(C)(C)C(=O)CC(C)C)c(=O)c2c(C)c(-n3nccn3)sc21. The molecule has 8 nitrogen and oxygen atoms in total. The molecule has 190 valence electrons. The lowest BCUT2D eigenvalue weighted by Crippen LogP contribution is -2.52. The Morgan fingerprint density at radius 1 is 1.14 bits per heavy atom. The second-order valence-corrected chi connectivity index (χ2v) is 11.0. The van der Waals surface area contributed by atoms with E-state index in [0.29, 0.717) is 27.2 Å². The number of benzene rings is 1. The van der Waals surface area contributed by atoms with Crippen molar-refractivity contribution >= 4 is 27.3 Å². The van der Waals surface area contributed by atoms with Gasteiger partial charge >= 0.3 is 5.69 Å². The number of nitrogens with zero attached hydrogens (tertiary/aromatic N) is 5. The van der Waals surface area contributed by atoms with E-state index in [4.69, 9.17) is 0 Å². The van der Waals surface area contributed by atoms with Crippen LogP contribution in [0.2, 0.25) is 0 Å². The molecule has 0 aliphatic carbocycles. The lowest BCUT2D eigenvalue weighted by Gasteiger charge is -2.27.